The number of nitrogens with one attached hydrogen (secondary N) is 1. The molecule has 1 N–H and O–H groups in total. The number of ether oxygens (including phenoxy) is 1. The Bertz CT molecular complexity index is 542. The van der Waals surface area contributed by atoms with Crippen molar-refractivity contribution in [3.05, 3.63) is 29.3 Å². The Labute approximate surface area is 156 Å². The van der Waals surface area contributed by atoms with Gasteiger partial charge in [-0.1, -0.05) is 38.4 Å². The molecule has 2 rings (SSSR count). The highest BCUT2D eigenvalue weighted by Crippen LogP contribution is 2.21. The summed E-state index contributed by atoms with van der Waals surface area (Å²) in [6.07, 6.45) is 2.44. The first-order valence-corrected chi connectivity index (χ1v) is 9.78. The van der Waals surface area contributed by atoms with Gasteiger partial charge in [0, 0.05) is 24.7 Å². The Kier molecular flexibility index (Phi) is 8.04. The minimum Gasteiger partial charge on any atom is -0.481 e. The summed E-state index contributed by atoms with van der Waals surface area (Å²) in [5.41, 5.74) is 0. The molecule has 1 fully saturated rings. The minimum atomic E-state index is -0.478. The number of carbonyl (C=O) groups excluding carboxylic acids is 1. The van der Waals surface area contributed by atoms with E-state index in [0.29, 0.717) is 23.7 Å². The SMILES string of the molecule is CC[C@H](Oc1cccc(Cl)c1)C(=O)NCCCN1C[C@H](C)C[C@@H](C)C1. The Morgan fingerprint density at radius 2 is 2.08 bits per heavy atom. The predicted molar refractivity (Wildman–Crippen MR) is 103 cm³/mol. The fourth-order valence-corrected chi connectivity index (χ4v) is 3.81. The zero-order chi connectivity index (χ0) is 18.2. The van der Waals surface area contributed by atoms with Crippen molar-refractivity contribution in [2.75, 3.05) is 26.2 Å². The third kappa shape index (κ3) is 6.87. The van der Waals surface area contributed by atoms with Crippen LogP contribution >= 0.6 is 11.6 Å². The molecule has 140 valence electrons. The van der Waals surface area contributed by atoms with Crippen LogP contribution in [-0.2, 0) is 4.79 Å². The number of rotatable bonds is 8. The fraction of sp³-hybridized carbons (Fsp3) is 0.650. The molecular weight excluding hydrogens is 336 g/mol. The topological polar surface area (TPSA) is 41.6 Å². The van der Waals surface area contributed by atoms with Crippen LogP contribution in [0.1, 0.15) is 40.0 Å². The molecule has 3 atom stereocenters. The smallest absolute Gasteiger partial charge is 0.261 e. The standard InChI is InChI=1S/C20H31ClN2O2/c1-4-19(25-18-8-5-7-17(21)12-18)20(24)22-9-6-10-23-13-15(2)11-16(3)14-23/h5,7-8,12,15-16,19H,4,6,9-11,13-14H2,1-3H3,(H,22,24)/t15-,16-,19+/m1/s1. The molecule has 0 aliphatic carbocycles. The van der Waals surface area contributed by atoms with Crippen molar-refractivity contribution in [2.24, 2.45) is 11.8 Å². The molecule has 1 aliphatic heterocycles. The van der Waals surface area contributed by atoms with Gasteiger partial charge in [-0.2, -0.15) is 0 Å². The van der Waals surface area contributed by atoms with Crippen molar-refractivity contribution in [1.29, 1.82) is 0 Å². The van der Waals surface area contributed by atoms with Crippen LogP contribution in [-0.4, -0.2) is 43.1 Å². The van der Waals surface area contributed by atoms with Crippen molar-refractivity contribution < 1.29 is 9.53 Å². The van der Waals surface area contributed by atoms with Crippen molar-refractivity contribution in [3.8, 4) is 5.75 Å². The van der Waals surface area contributed by atoms with Crippen LogP contribution in [0.5, 0.6) is 5.75 Å². The van der Waals surface area contributed by atoms with Crippen molar-refractivity contribution in [1.82, 2.24) is 10.2 Å². The highest BCUT2D eigenvalue weighted by Gasteiger charge is 2.21. The lowest BCUT2D eigenvalue weighted by molar-refractivity contribution is -0.128. The molecule has 4 nitrogen and oxygen atoms in total. The molecule has 1 aliphatic rings. The quantitative estimate of drug-likeness (QED) is 0.707. The Morgan fingerprint density at radius 1 is 1.36 bits per heavy atom. The van der Waals surface area contributed by atoms with Gasteiger partial charge in [-0.15, -0.1) is 0 Å². The molecular formula is C20H31ClN2O2. The highest BCUT2D eigenvalue weighted by atomic mass is 35.5. The summed E-state index contributed by atoms with van der Waals surface area (Å²) in [7, 11) is 0. The number of halogens is 1. The van der Waals surface area contributed by atoms with Crippen LogP contribution < -0.4 is 10.1 Å². The van der Waals surface area contributed by atoms with Gasteiger partial charge in [-0.3, -0.25) is 4.79 Å². The molecule has 1 heterocycles. The molecule has 1 saturated heterocycles. The first-order valence-electron chi connectivity index (χ1n) is 9.40. The largest absolute Gasteiger partial charge is 0.481 e. The number of hydrogen-bond donors (Lipinski definition) is 1. The third-order valence-electron chi connectivity index (χ3n) is 4.63. The molecule has 0 unspecified atom stereocenters. The van der Waals surface area contributed by atoms with Crippen molar-refractivity contribution >= 4 is 17.5 Å². The summed E-state index contributed by atoms with van der Waals surface area (Å²) in [6, 6.07) is 7.16. The molecule has 0 radical (unpaired) electrons. The van der Waals surface area contributed by atoms with Crippen molar-refractivity contribution in [2.45, 2.75) is 46.1 Å². The Balaban J connectivity index is 1.71. The summed E-state index contributed by atoms with van der Waals surface area (Å²) in [6.45, 7) is 10.7. The summed E-state index contributed by atoms with van der Waals surface area (Å²) in [4.78, 5) is 14.9. The van der Waals surface area contributed by atoms with E-state index in [1.54, 1.807) is 12.1 Å². The van der Waals surface area contributed by atoms with Gasteiger partial charge in [-0.05, 0) is 55.8 Å². The van der Waals surface area contributed by atoms with E-state index in [0.717, 1.165) is 24.8 Å². The van der Waals surface area contributed by atoms with Gasteiger partial charge in [0.2, 0.25) is 0 Å². The first kappa shape index (κ1) is 20.1. The van der Waals surface area contributed by atoms with Crippen LogP contribution in [0.15, 0.2) is 24.3 Å². The average molecular weight is 367 g/mol. The maximum absolute atomic E-state index is 12.3. The monoisotopic (exact) mass is 366 g/mol. The normalized spacial score (nSPS) is 22.4. The number of hydrogen-bond acceptors (Lipinski definition) is 3. The molecule has 25 heavy (non-hydrogen) atoms. The first-order chi connectivity index (χ1) is 12.0. The van der Waals surface area contributed by atoms with Crippen LogP contribution in [0.25, 0.3) is 0 Å². The molecule has 1 aromatic carbocycles. The van der Waals surface area contributed by atoms with E-state index in [1.165, 1.54) is 19.5 Å². The van der Waals surface area contributed by atoms with Crippen LogP contribution in [0.3, 0.4) is 0 Å². The highest BCUT2D eigenvalue weighted by molar-refractivity contribution is 6.30. The van der Waals surface area contributed by atoms with Gasteiger partial charge in [0.15, 0.2) is 6.10 Å². The third-order valence-corrected chi connectivity index (χ3v) is 4.87. The molecule has 1 aromatic rings. The van der Waals surface area contributed by atoms with Gasteiger partial charge in [0.05, 0.1) is 0 Å². The summed E-state index contributed by atoms with van der Waals surface area (Å²) < 4.78 is 5.77. The zero-order valence-corrected chi connectivity index (χ0v) is 16.4. The Hall–Kier alpha value is -1.26. The zero-order valence-electron chi connectivity index (χ0n) is 15.6. The summed E-state index contributed by atoms with van der Waals surface area (Å²) in [5.74, 6) is 2.12. The molecule has 1 amide bonds. The summed E-state index contributed by atoms with van der Waals surface area (Å²) >= 11 is 5.96. The van der Waals surface area contributed by atoms with E-state index in [9.17, 15) is 4.79 Å². The van der Waals surface area contributed by atoms with E-state index in [-0.39, 0.29) is 5.91 Å². The van der Waals surface area contributed by atoms with Gasteiger partial charge in [0.25, 0.3) is 5.91 Å². The lowest BCUT2D eigenvalue weighted by Gasteiger charge is -2.35. The molecule has 0 saturated carbocycles. The van der Waals surface area contributed by atoms with Crippen LogP contribution in [0.4, 0.5) is 0 Å². The second-order valence-corrected chi connectivity index (χ2v) is 7.76. The molecule has 5 heteroatoms. The molecule has 0 spiro atoms. The number of piperidine rings is 1. The second-order valence-electron chi connectivity index (χ2n) is 7.32. The summed E-state index contributed by atoms with van der Waals surface area (Å²) in [5, 5.41) is 3.62. The number of carbonyl (C=O) groups is 1. The average Bonchev–Trinajstić information content (AvgIpc) is 2.55. The number of amides is 1. The van der Waals surface area contributed by atoms with Gasteiger partial charge < -0.3 is 15.0 Å². The van der Waals surface area contributed by atoms with Gasteiger partial charge in [-0.25, -0.2) is 0 Å². The van der Waals surface area contributed by atoms with E-state index in [2.05, 4.69) is 24.1 Å². The minimum absolute atomic E-state index is 0.0529. The van der Waals surface area contributed by atoms with E-state index in [4.69, 9.17) is 16.3 Å². The lowest BCUT2D eigenvalue weighted by atomic mass is 9.92. The van der Waals surface area contributed by atoms with Crippen molar-refractivity contribution in [3.63, 3.8) is 0 Å². The number of nitrogens with zero attached hydrogens (tertiary/aromatic N) is 1. The fourth-order valence-electron chi connectivity index (χ4n) is 3.63. The maximum atomic E-state index is 12.3. The molecule has 0 aromatic heterocycles. The van der Waals surface area contributed by atoms with Crippen LogP contribution in [0.2, 0.25) is 5.02 Å². The predicted octanol–water partition coefficient (Wildman–Crippen LogP) is 3.98. The van der Waals surface area contributed by atoms with Gasteiger partial charge >= 0.3 is 0 Å². The molecule has 0 bridgehead atoms. The number of benzene rings is 1. The van der Waals surface area contributed by atoms with E-state index < -0.39 is 6.10 Å². The lowest BCUT2D eigenvalue weighted by Crippen LogP contribution is -2.41. The number of likely N-dealkylation sites (tertiary alicyclic amines) is 1. The Morgan fingerprint density at radius 3 is 2.72 bits per heavy atom. The van der Waals surface area contributed by atoms with E-state index >= 15 is 0 Å². The van der Waals surface area contributed by atoms with Gasteiger partial charge in [0.1, 0.15) is 5.75 Å². The second kappa shape index (κ2) is 10.0. The van der Waals surface area contributed by atoms with Crippen LogP contribution in [0, 0.1) is 11.8 Å². The maximum Gasteiger partial charge on any atom is 0.261 e. The van der Waals surface area contributed by atoms with E-state index in [1.807, 2.05) is 19.1 Å².